The van der Waals surface area contributed by atoms with Crippen LogP contribution in [0.2, 0.25) is 0 Å². The molecule has 0 bridgehead atoms. The molecule has 2 amide bonds. The van der Waals surface area contributed by atoms with Crippen LogP contribution >= 0.6 is 0 Å². The maximum absolute atomic E-state index is 12.5. The van der Waals surface area contributed by atoms with Gasteiger partial charge in [0, 0.05) is 25.4 Å². The van der Waals surface area contributed by atoms with Crippen LogP contribution in [0.25, 0.3) is 0 Å². The van der Waals surface area contributed by atoms with Crippen LogP contribution in [0.15, 0.2) is 73.8 Å². The highest BCUT2D eigenvalue weighted by Gasteiger charge is 2.38. The molecule has 2 aromatic rings. The Balaban J connectivity index is 0.00000129. The Kier molecular flexibility index (Phi) is 17.4. The second-order valence-electron chi connectivity index (χ2n) is 9.47. The van der Waals surface area contributed by atoms with Gasteiger partial charge in [-0.25, -0.2) is 14.4 Å². The molecule has 2 rings (SSSR count). The van der Waals surface area contributed by atoms with Crippen LogP contribution in [-0.2, 0) is 16.0 Å². The van der Waals surface area contributed by atoms with Crippen molar-refractivity contribution in [2.75, 3.05) is 38.8 Å². The van der Waals surface area contributed by atoms with Crippen molar-refractivity contribution in [1.82, 2.24) is 10.6 Å². The van der Waals surface area contributed by atoms with Gasteiger partial charge in [0.15, 0.2) is 11.5 Å². The number of carboxylic acid groups (broad SMARTS) is 2. The number of benzene rings is 2. The SMILES string of the molecule is C=CCc1ccc(OC(=O)NC(CC=C)CCCNCC(CN(C(=O)O)c2ccccc2)OC)c(OC)c1.O=C(O)C(F)(F)F. The summed E-state index contributed by atoms with van der Waals surface area (Å²) >= 11 is 0. The normalized spacial score (nSPS) is 12.0. The Morgan fingerprint density at radius 2 is 1.69 bits per heavy atom. The number of halogens is 3. The molecule has 2 aromatic carbocycles. The second-order valence-corrected chi connectivity index (χ2v) is 9.47. The summed E-state index contributed by atoms with van der Waals surface area (Å²) in [6.07, 6.45) is -0.693. The van der Waals surface area contributed by atoms with Gasteiger partial charge in [0.1, 0.15) is 0 Å². The average Bonchev–Trinajstić information content (AvgIpc) is 2.99. The minimum atomic E-state index is -5.08. The largest absolute Gasteiger partial charge is 0.493 e. The van der Waals surface area contributed by atoms with E-state index in [1.165, 1.54) is 12.0 Å². The summed E-state index contributed by atoms with van der Waals surface area (Å²) in [4.78, 5) is 34.4. The lowest BCUT2D eigenvalue weighted by molar-refractivity contribution is -0.192. The topological polar surface area (TPSA) is 147 Å². The first kappa shape index (κ1) is 38.5. The minimum absolute atomic E-state index is 0.147. The minimum Gasteiger partial charge on any atom is -0.493 e. The molecule has 248 valence electrons. The summed E-state index contributed by atoms with van der Waals surface area (Å²) in [6.45, 7) is 8.87. The van der Waals surface area contributed by atoms with E-state index in [0.717, 1.165) is 12.0 Å². The molecule has 0 radical (unpaired) electrons. The van der Waals surface area contributed by atoms with Crippen molar-refractivity contribution in [3.63, 3.8) is 0 Å². The summed E-state index contributed by atoms with van der Waals surface area (Å²) < 4.78 is 48.1. The van der Waals surface area contributed by atoms with E-state index in [1.54, 1.807) is 49.6 Å². The van der Waals surface area contributed by atoms with Gasteiger partial charge in [0.2, 0.25) is 0 Å². The first-order chi connectivity index (χ1) is 21.4. The zero-order chi connectivity index (χ0) is 33.8. The molecular weight excluding hydrogens is 599 g/mol. The Labute approximate surface area is 260 Å². The number of rotatable bonds is 17. The lowest BCUT2D eigenvalue weighted by atomic mass is 10.1. The van der Waals surface area contributed by atoms with E-state index < -0.39 is 24.3 Å². The number of alkyl halides is 3. The number of carbonyl (C=O) groups excluding carboxylic acids is 1. The lowest BCUT2D eigenvalue weighted by Gasteiger charge is -2.25. The molecule has 0 spiro atoms. The van der Waals surface area contributed by atoms with Crippen LogP contribution in [-0.4, -0.2) is 80.5 Å². The number of carbonyl (C=O) groups is 3. The Morgan fingerprint density at radius 3 is 2.22 bits per heavy atom. The van der Waals surface area contributed by atoms with Gasteiger partial charge in [0.05, 0.1) is 19.8 Å². The van der Waals surface area contributed by atoms with Crippen LogP contribution in [0, 0.1) is 0 Å². The van der Waals surface area contributed by atoms with Gasteiger partial charge in [0.25, 0.3) is 0 Å². The summed E-state index contributed by atoms with van der Waals surface area (Å²) in [7, 11) is 3.09. The number of carboxylic acids is 1. The predicted molar refractivity (Wildman–Crippen MR) is 163 cm³/mol. The highest BCUT2D eigenvalue weighted by Crippen LogP contribution is 2.28. The standard InChI is InChI=1S/C29H39N3O6.C2HF3O2/c1-5-11-22-16-17-26(27(19-22)37-4)38-28(33)31-23(12-6-2)13-10-18-30-20-25(36-3)21-32(29(34)35)24-14-8-7-9-15-24;3-2(4,5)1(6)7/h5-9,14-17,19,23,25,30H,1-2,10-13,18,20-21H2,3-4H3,(H,31,33)(H,34,35);(H,6,7). The molecular formula is C31H40F3N3O8. The molecule has 11 nitrogen and oxygen atoms in total. The molecule has 4 N–H and O–H groups in total. The Morgan fingerprint density at radius 1 is 1.02 bits per heavy atom. The third kappa shape index (κ3) is 15.1. The second kappa shape index (κ2) is 20.4. The van der Waals surface area contributed by atoms with Crippen molar-refractivity contribution in [2.24, 2.45) is 0 Å². The first-order valence-corrected chi connectivity index (χ1v) is 13.8. The molecule has 2 atom stereocenters. The van der Waals surface area contributed by atoms with E-state index in [2.05, 4.69) is 23.8 Å². The quantitative estimate of drug-likeness (QED) is 0.127. The highest BCUT2D eigenvalue weighted by molar-refractivity contribution is 5.86. The molecule has 45 heavy (non-hydrogen) atoms. The fraction of sp³-hybridized carbons (Fsp3) is 0.387. The molecule has 0 aromatic heterocycles. The van der Waals surface area contributed by atoms with Crippen molar-refractivity contribution >= 4 is 23.8 Å². The lowest BCUT2D eigenvalue weighted by Crippen LogP contribution is -2.42. The number of allylic oxidation sites excluding steroid dienone is 1. The number of hydrogen-bond donors (Lipinski definition) is 4. The molecule has 2 unspecified atom stereocenters. The maximum atomic E-state index is 12.5. The number of anilines is 1. The third-order valence-corrected chi connectivity index (χ3v) is 6.12. The number of para-hydroxylation sites is 1. The number of amides is 2. The molecule has 0 saturated heterocycles. The molecule has 0 heterocycles. The monoisotopic (exact) mass is 639 g/mol. The number of hydrogen-bond acceptors (Lipinski definition) is 7. The van der Waals surface area contributed by atoms with E-state index in [-0.39, 0.29) is 18.7 Å². The van der Waals surface area contributed by atoms with Crippen LogP contribution in [0.1, 0.15) is 24.8 Å². The fourth-order valence-electron chi connectivity index (χ4n) is 3.90. The molecule has 14 heteroatoms. The Bertz CT molecular complexity index is 1230. The van der Waals surface area contributed by atoms with Crippen LogP contribution in [0.5, 0.6) is 11.5 Å². The van der Waals surface area contributed by atoms with Crippen molar-refractivity contribution in [3.05, 3.63) is 79.4 Å². The van der Waals surface area contributed by atoms with Gasteiger partial charge in [-0.2, -0.15) is 13.2 Å². The molecule has 0 fully saturated rings. The summed E-state index contributed by atoms with van der Waals surface area (Å²) in [5, 5.41) is 22.9. The van der Waals surface area contributed by atoms with Crippen LogP contribution < -0.4 is 25.0 Å². The zero-order valence-corrected chi connectivity index (χ0v) is 25.2. The number of methoxy groups -OCH3 is 2. The van der Waals surface area contributed by atoms with Gasteiger partial charge in [-0.3, -0.25) is 4.90 Å². The first-order valence-electron chi connectivity index (χ1n) is 13.8. The van der Waals surface area contributed by atoms with Gasteiger partial charge in [-0.05, 0) is 62.1 Å². The smallest absolute Gasteiger partial charge is 0.490 e. The van der Waals surface area contributed by atoms with Crippen molar-refractivity contribution in [3.8, 4) is 11.5 Å². The summed E-state index contributed by atoms with van der Waals surface area (Å²) in [6, 6.07) is 14.2. The van der Waals surface area contributed by atoms with E-state index in [0.29, 0.717) is 49.5 Å². The van der Waals surface area contributed by atoms with Gasteiger partial charge >= 0.3 is 24.3 Å². The molecule has 0 saturated carbocycles. The molecule has 0 aliphatic heterocycles. The number of aliphatic carboxylic acids is 1. The summed E-state index contributed by atoms with van der Waals surface area (Å²) in [5.74, 6) is -1.94. The molecule has 0 aliphatic carbocycles. The fourth-order valence-corrected chi connectivity index (χ4v) is 3.90. The third-order valence-electron chi connectivity index (χ3n) is 6.12. The molecule has 0 aliphatic rings. The van der Waals surface area contributed by atoms with Gasteiger partial charge in [-0.15, -0.1) is 13.2 Å². The van der Waals surface area contributed by atoms with E-state index in [9.17, 15) is 27.9 Å². The van der Waals surface area contributed by atoms with Crippen molar-refractivity contribution in [1.29, 1.82) is 0 Å². The van der Waals surface area contributed by atoms with E-state index in [1.807, 2.05) is 18.2 Å². The van der Waals surface area contributed by atoms with Gasteiger partial charge < -0.3 is 35.1 Å². The maximum Gasteiger partial charge on any atom is 0.490 e. The van der Waals surface area contributed by atoms with Crippen LogP contribution in [0.4, 0.5) is 28.4 Å². The van der Waals surface area contributed by atoms with E-state index >= 15 is 0 Å². The van der Waals surface area contributed by atoms with Crippen molar-refractivity contribution < 1.29 is 52.0 Å². The Hall–Kier alpha value is -4.56. The van der Waals surface area contributed by atoms with Crippen molar-refractivity contribution in [2.45, 2.75) is 44.0 Å². The van der Waals surface area contributed by atoms with E-state index in [4.69, 9.17) is 24.1 Å². The number of nitrogens with one attached hydrogen (secondary N) is 2. The zero-order valence-electron chi connectivity index (χ0n) is 25.2. The summed E-state index contributed by atoms with van der Waals surface area (Å²) in [5.41, 5.74) is 1.60. The average molecular weight is 640 g/mol. The predicted octanol–water partition coefficient (Wildman–Crippen LogP) is 5.66. The number of nitrogens with zero attached hydrogens (tertiary/aromatic N) is 1. The van der Waals surface area contributed by atoms with Crippen LogP contribution in [0.3, 0.4) is 0 Å². The highest BCUT2D eigenvalue weighted by atomic mass is 19.4. The van der Waals surface area contributed by atoms with Gasteiger partial charge in [-0.1, -0.05) is 36.4 Å². The number of ether oxygens (including phenoxy) is 3.